The van der Waals surface area contributed by atoms with Gasteiger partial charge in [-0.15, -0.1) is 0 Å². The Labute approximate surface area is 146 Å². The van der Waals surface area contributed by atoms with E-state index in [2.05, 4.69) is 11.4 Å². The van der Waals surface area contributed by atoms with Crippen LogP contribution in [0.4, 0.5) is 5.69 Å². The molecule has 2 rings (SSSR count). The van der Waals surface area contributed by atoms with Crippen molar-refractivity contribution >= 4 is 17.3 Å². The van der Waals surface area contributed by atoms with Gasteiger partial charge in [-0.2, -0.15) is 5.26 Å². The Bertz CT molecular complexity index is 757. The molecule has 0 saturated carbocycles. The molecule has 0 aromatic heterocycles. The number of anilines is 1. The van der Waals surface area contributed by atoms with Gasteiger partial charge in [0.15, 0.2) is 11.5 Å². The molecular formula is C18H19ClN2O3. The number of rotatable bonds is 7. The van der Waals surface area contributed by atoms with E-state index in [1.54, 1.807) is 39.5 Å². The summed E-state index contributed by atoms with van der Waals surface area (Å²) in [4.78, 5) is 0. The molecule has 0 saturated heterocycles. The van der Waals surface area contributed by atoms with Gasteiger partial charge in [0.25, 0.3) is 0 Å². The van der Waals surface area contributed by atoms with Crippen molar-refractivity contribution in [3.8, 4) is 23.3 Å². The van der Waals surface area contributed by atoms with E-state index in [4.69, 9.17) is 31.1 Å². The highest BCUT2D eigenvalue weighted by molar-refractivity contribution is 6.30. The number of nitrogens with one attached hydrogen (secondary N) is 1. The third-order valence-electron chi connectivity index (χ3n) is 3.60. The van der Waals surface area contributed by atoms with Crippen molar-refractivity contribution in [2.75, 3.05) is 33.2 Å². The summed E-state index contributed by atoms with van der Waals surface area (Å²) in [6, 6.07) is 11.1. The maximum atomic E-state index is 9.17. The number of benzene rings is 2. The maximum Gasteiger partial charge on any atom is 0.203 e. The standard InChI is InChI=1S/C18H19ClN2O3/c1-22-16-7-4-12(17(23-2)18(16)24-3)8-9-21-15-6-5-14(19)10-13(15)11-20/h4-7,10,21H,8-9H2,1-3H3. The first-order valence-corrected chi connectivity index (χ1v) is 7.73. The van der Waals surface area contributed by atoms with E-state index in [0.29, 0.717) is 40.8 Å². The summed E-state index contributed by atoms with van der Waals surface area (Å²) in [7, 11) is 4.76. The molecule has 0 aliphatic carbocycles. The fourth-order valence-corrected chi connectivity index (χ4v) is 2.63. The largest absolute Gasteiger partial charge is 0.493 e. The van der Waals surface area contributed by atoms with Crippen molar-refractivity contribution in [3.05, 3.63) is 46.5 Å². The molecule has 0 atom stereocenters. The second kappa shape index (κ2) is 8.32. The van der Waals surface area contributed by atoms with Gasteiger partial charge in [0, 0.05) is 17.1 Å². The molecule has 0 unspecified atom stereocenters. The smallest absolute Gasteiger partial charge is 0.203 e. The van der Waals surface area contributed by atoms with Crippen LogP contribution in [0.2, 0.25) is 5.02 Å². The molecule has 0 amide bonds. The molecule has 0 heterocycles. The summed E-state index contributed by atoms with van der Waals surface area (Å²) in [5, 5.41) is 13.0. The number of nitrogens with zero attached hydrogens (tertiary/aromatic N) is 1. The van der Waals surface area contributed by atoms with E-state index in [1.165, 1.54) is 0 Å². The van der Waals surface area contributed by atoms with Crippen LogP contribution in [0.3, 0.4) is 0 Å². The first-order chi connectivity index (χ1) is 11.6. The van der Waals surface area contributed by atoms with Gasteiger partial charge in [0.2, 0.25) is 5.75 Å². The predicted octanol–water partition coefficient (Wildman–Crippen LogP) is 3.89. The van der Waals surface area contributed by atoms with Gasteiger partial charge in [0.05, 0.1) is 32.6 Å². The molecular weight excluding hydrogens is 328 g/mol. The molecule has 0 spiro atoms. The highest BCUT2D eigenvalue weighted by Gasteiger charge is 2.15. The molecule has 6 heteroatoms. The van der Waals surface area contributed by atoms with E-state index in [-0.39, 0.29) is 0 Å². The van der Waals surface area contributed by atoms with Gasteiger partial charge >= 0.3 is 0 Å². The summed E-state index contributed by atoms with van der Waals surface area (Å²) >= 11 is 5.91. The number of hydrogen-bond acceptors (Lipinski definition) is 5. The molecule has 24 heavy (non-hydrogen) atoms. The van der Waals surface area contributed by atoms with Gasteiger partial charge < -0.3 is 19.5 Å². The van der Waals surface area contributed by atoms with Crippen LogP contribution in [0.1, 0.15) is 11.1 Å². The van der Waals surface area contributed by atoms with Crippen molar-refractivity contribution in [3.63, 3.8) is 0 Å². The van der Waals surface area contributed by atoms with Gasteiger partial charge in [0.1, 0.15) is 6.07 Å². The van der Waals surface area contributed by atoms with Crippen LogP contribution in [0.5, 0.6) is 17.2 Å². The lowest BCUT2D eigenvalue weighted by Gasteiger charge is -2.16. The lowest BCUT2D eigenvalue weighted by atomic mass is 10.1. The molecule has 0 aliphatic heterocycles. The van der Waals surface area contributed by atoms with Crippen molar-refractivity contribution in [2.24, 2.45) is 0 Å². The normalized spacial score (nSPS) is 9.96. The lowest BCUT2D eigenvalue weighted by Crippen LogP contribution is -2.08. The molecule has 0 aliphatic rings. The average molecular weight is 347 g/mol. The molecule has 1 N–H and O–H groups in total. The zero-order valence-electron chi connectivity index (χ0n) is 13.9. The lowest BCUT2D eigenvalue weighted by molar-refractivity contribution is 0.322. The Hall–Kier alpha value is -2.58. The summed E-state index contributed by atoms with van der Waals surface area (Å²) < 4.78 is 16.1. The number of ether oxygens (including phenoxy) is 3. The van der Waals surface area contributed by atoms with Crippen molar-refractivity contribution in [1.29, 1.82) is 5.26 Å². The van der Waals surface area contributed by atoms with Crippen LogP contribution in [0, 0.1) is 11.3 Å². The topological polar surface area (TPSA) is 63.5 Å². The van der Waals surface area contributed by atoms with Crippen molar-refractivity contribution in [1.82, 2.24) is 0 Å². The number of hydrogen-bond donors (Lipinski definition) is 1. The Morgan fingerprint density at radius 3 is 2.42 bits per heavy atom. The molecule has 126 valence electrons. The van der Waals surface area contributed by atoms with E-state index in [1.807, 2.05) is 12.1 Å². The maximum absolute atomic E-state index is 9.17. The quantitative estimate of drug-likeness (QED) is 0.824. The third-order valence-corrected chi connectivity index (χ3v) is 3.83. The van der Waals surface area contributed by atoms with Crippen LogP contribution in [-0.2, 0) is 6.42 Å². The Morgan fingerprint density at radius 1 is 1.04 bits per heavy atom. The monoisotopic (exact) mass is 346 g/mol. The van der Waals surface area contributed by atoms with Crippen LogP contribution >= 0.6 is 11.6 Å². The van der Waals surface area contributed by atoms with E-state index >= 15 is 0 Å². The Morgan fingerprint density at radius 2 is 1.79 bits per heavy atom. The van der Waals surface area contributed by atoms with E-state index < -0.39 is 0 Å². The van der Waals surface area contributed by atoms with Crippen LogP contribution in [-0.4, -0.2) is 27.9 Å². The van der Waals surface area contributed by atoms with Gasteiger partial charge in [-0.3, -0.25) is 0 Å². The van der Waals surface area contributed by atoms with Crippen molar-refractivity contribution < 1.29 is 14.2 Å². The summed E-state index contributed by atoms with van der Waals surface area (Å²) in [5.41, 5.74) is 2.25. The minimum Gasteiger partial charge on any atom is -0.493 e. The molecule has 2 aromatic rings. The molecule has 0 fully saturated rings. The van der Waals surface area contributed by atoms with Crippen molar-refractivity contribution in [2.45, 2.75) is 6.42 Å². The highest BCUT2D eigenvalue weighted by atomic mass is 35.5. The Kier molecular flexibility index (Phi) is 6.16. The zero-order chi connectivity index (χ0) is 17.5. The second-order valence-electron chi connectivity index (χ2n) is 4.97. The van der Waals surface area contributed by atoms with Gasteiger partial charge in [-0.05, 0) is 30.7 Å². The number of nitriles is 1. The minimum atomic E-state index is 0.516. The first kappa shape index (κ1) is 17.8. The zero-order valence-corrected chi connectivity index (χ0v) is 14.6. The Balaban J connectivity index is 2.14. The third kappa shape index (κ3) is 3.84. The van der Waals surface area contributed by atoms with Crippen LogP contribution < -0.4 is 19.5 Å². The number of halogens is 1. The fraction of sp³-hybridized carbons (Fsp3) is 0.278. The molecule has 0 radical (unpaired) electrons. The predicted molar refractivity (Wildman–Crippen MR) is 94.5 cm³/mol. The highest BCUT2D eigenvalue weighted by Crippen LogP contribution is 2.39. The SMILES string of the molecule is COc1ccc(CCNc2ccc(Cl)cc2C#N)c(OC)c1OC. The summed E-state index contributed by atoms with van der Waals surface area (Å²) in [6.07, 6.45) is 0.691. The summed E-state index contributed by atoms with van der Waals surface area (Å²) in [6.45, 7) is 0.627. The molecule has 2 aromatic carbocycles. The minimum absolute atomic E-state index is 0.516. The number of methoxy groups -OCH3 is 3. The van der Waals surface area contributed by atoms with E-state index in [9.17, 15) is 0 Å². The first-order valence-electron chi connectivity index (χ1n) is 7.36. The molecule has 5 nitrogen and oxygen atoms in total. The van der Waals surface area contributed by atoms with Gasteiger partial charge in [-0.25, -0.2) is 0 Å². The fourth-order valence-electron chi connectivity index (χ4n) is 2.46. The van der Waals surface area contributed by atoms with Gasteiger partial charge in [-0.1, -0.05) is 17.7 Å². The van der Waals surface area contributed by atoms with E-state index in [0.717, 1.165) is 11.3 Å². The average Bonchev–Trinajstić information content (AvgIpc) is 2.61. The van der Waals surface area contributed by atoms with Crippen LogP contribution in [0.15, 0.2) is 30.3 Å². The second-order valence-corrected chi connectivity index (χ2v) is 5.41. The molecule has 0 bridgehead atoms. The summed E-state index contributed by atoms with van der Waals surface area (Å²) in [5.74, 6) is 1.84. The van der Waals surface area contributed by atoms with Crippen LogP contribution in [0.25, 0.3) is 0 Å².